The van der Waals surface area contributed by atoms with Crippen LogP contribution in [0.2, 0.25) is 0 Å². The molecule has 4 amide bonds. The fraction of sp³-hybridized carbons (Fsp3) is 0.632. The van der Waals surface area contributed by atoms with Gasteiger partial charge in [0, 0.05) is 27.7 Å². The summed E-state index contributed by atoms with van der Waals surface area (Å²) in [5, 5.41) is 9.89. The van der Waals surface area contributed by atoms with E-state index in [1.54, 1.807) is 18.2 Å². The maximum Gasteiger partial charge on any atom is 0.328 e. The molecule has 0 spiro atoms. The molecule has 4 N–H and O–H groups in total. The van der Waals surface area contributed by atoms with Crippen molar-refractivity contribution in [2.75, 3.05) is 28.4 Å². The lowest BCUT2D eigenvalue weighted by molar-refractivity contribution is -0.145. The minimum Gasteiger partial charge on any atom is -0.467 e. The van der Waals surface area contributed by atoms with E-state index in [1.807, 2.05) is 19.9 Å². The number of allylic oxidation sites excluding steroid dienone is 1. The lowest BCUT2D eigenvalue weighted by Gasteiger charge is -2.14. The van der Waals surface area contributed by atoms with Crippen LogP contribution in [-0.2, 0) is 57.3 Å². The van der Waals surface area contributed by atoms with Crippen molar-refractivity contribution in [3.63, 3.8) is 0 Å². The highest BCUT2D eigenvalue weighted by atomic mass is 16.5. The van der Waals surface area contributed by atoms with Crippen molar-refractivity contribution in [3.8, 4) is 0 Å². The predicted molar refractivity (Wildman–Crippen MR) is 216 cm³/mol. The number of ether oxygens (including phenoxy) is 4. The molecule has 0 aliphatic heterocycles. The van der Waals surface area contributed by atoms with Crippen LogP contribution in [0.4, 0.5) is 0 Å². The minimum atomic E-state index is -0.795. The molecular weight excluding hydrogens is 704 g/mol. The molecule has 0 aliphatic rings. The zero-order valence-corrected chi connectivity index (χ0v) is 29.6. The Morgan fingerprint density at radius 3 is 0.852 bits per heavy atom. The normalized spacial score (nSPS) is 10.9. The van der Waals surface area contributed by atoms with Gasteiger partial charge in [-0.3, -0.25) is 19.2 Å². The summed E-state index contributed by atoms with van der Waals surface area (Å²) in [4.78, 5) is 88.5. The van der Waals surface area contributed by atoms with E-state index in [0.717, 1.165) is 5.57 Å². The van der Waals surface area contributed by atoms with Gasteiger partial charge >= 0.3 is 23.9 Å². The first-order valence-corrected chi connectivity index (χ1v) is 14.7. The molecule has 16 nitrogen and oxygen atoms in total. The van der Waals surface area contributed by atoms with Crippen LogP contribution in [0, 0.1) is 0 Å². The van der Waals surface area contributed by atoms with Gasteiger partial charge in [0.25, 0.3) is 0 Å². The van der Waals surface area contributed by atoms with Crippen LogP contribution < -0.4 is 21.3 Å². The number of esters is 4. The third-order valence-corrected chi connectivity index (χ3v) is 5.53. The Balaban J connectivity index is -0.0000000799. The molecule has 0 aromatic rings. The summed E-state index contributed by atoms with van der Waals surface area (Å²) < 4.78 is 18.2. The fourth-order valence-corrected chi connectivity index (χ4v) is 3.39. The summed E-state index contributed by atoms with van der Waals surface area (Å²) in [7, 11) is 5.04. The van der Waals surface area contributed by atoms with Crippen molar-refractivity contribution in [1.29, 1.82) is 0 Å². The van der Waals surface area contributed by atoms with Crippen molar-refractivity contribution in [2.24, 2.45) is 0 Å². The Morgan fingerprint density at radius 1 is 0.444 bits per heavy atom. The number of amides is 4. The van der Waals surface area contributed by atoms with Gasteiger partial charge in [-0.15, -0.1) is 6.58 Å². The molecule has 0 aromatic carbocycles. The van der Waals surface area contributed by atoms with Crippen LogP contribution in [0.1, 0.15) is 112 Å². The summed E-state index contributed by atoms with van der Waals surface area (Å²) >= 11 is 0. The summed E-state index contributed by atoms with van der Waals surface area (Å²) in [6, 6.07) is -2.77. The average molecular weight is 781 g/mol. The second-order valence-electron chi connectivity index (χ2n) is 10.1. The van der Waals surface area contributed by atoms with E-state index in [0.29, 0.717) is 12.8 Å². The van der Waals surface area contributed by atoms with Crippen molar-refractivity contribution in [3.05, 3.63) is 36.5 Å². The van der Waals surface area contributed by atoms with E-state index in [4.69, 9.17) is 0 Å². The van der Waals surface area contributed by atoms with Gasteiger partial charge in [0.2, 0.25) is 23.6 Å². The van der Waals surface area contributed by atoms with E-state index in [9.17, 15) is 38.4 Å². The van der Waals surface area contributed by atoms with Crippen LogP contribution in [0.3, 0.4) is 0 Å². The molecule has 16 heteroatoms. The van der Waals surface area contributed by atoms with E-state index in [1.165, 1.54) is 56.1 Å². The third-order valence-electron chi connectivity index (χ3n) is 5.53. The molecule has 4 atom stereocenters. The molecule has 0 heterocycles. The Bertz CT molecular complexity index is 1110. The second-order valence-corrected chi connectivity index (χ2v) is 10.1. The molecule has 0 aromatic heterocycles. The molecule has 0 unspecified atom stereocenters. The molecule has 0 saturated carbocycles. The highest BCUT2D eigenvalue weighted by molar-refractivity contribution is 5.85. The van der Waals surface area contributed by atoms with E-state index in [2.05, 4.69) is 46.8 Å². The van der Waals surface area contributed by atoms with Crippen LogP contribution in [-0.4, -0.2) is 100 Å². The largest absolute Gasteiger partial charge is 0.467 e. The van der Waals surface area contributed by atoms with Crippen LogP contribution in [0.15, 0.2) is 36.5 Å². The van der Waals surface area contributed by atoms with Gasteiger partial charge in [-0.05, 0) is 39.5 Å². The van der Waals surface area contributed by atoms with Crippen molar-refractivity contribution in [1.82, 2.24) is 21.3 Å². The molecule has 0 bridgehead atoms. The van der Waals surface area contributed by atoms with E-state index >= 15 is 0 Å². The molecule has 0 radical (unpaired) electrons. The van der Waals surface area contributed by atoms with Gasteiger partial charge in [0.1, 0.15) is 24.2 Å². The maximum atomic E-state index is 11.5. The van der Waals surface area contributed by atoms with Crippen molar-refractivity contribution in [2.45, 2.75) is 136 Å². The predicted octanol–water partition coefficient (Wildman–Crippen LogP) is 4.76. The Morgan fingerprint density at radius 2 is 0.667 bits per heavy atom. The van der Waals surface area contributed by atoms with Gasteiger partial charge in [-0.1, -0.05) is 74.4 Å². The number of hydrogen-bond acceptors (Lipinski definition) is 12. The number of carbonyl (C=O) groups excluding carboxylic acids is 8. The maximum absolute atomic E-state index is 11.5. The van der Waals surface area contributed by atoms with Crippen molar-refractivity contribution < 1.29 is 57.3 Å². The number of methoxy groups -OCH3 is 4. The summed E-state index contributed by atoms with van der Waals surface area (Å²) in [5.74, 6) is -3.20. The van der Waals surface area contributed by atoms with Gasteiger partial charge in [0.05, 0.1) is 28.4 Å². The van der Waals surface area contributed by atoms with Gasteiger partial charge < -0.3 is 40.2 Å². The molecule has 0 rings (SSSR count). The van der Waals surface area contributed by atoms with Crippen molar-refractivity contribution >= 4 is 47.5 Å². The molecule has 320 valence electrons. The monoisotopic (exact) mass is 781 g/mol. The molecular formula is C38H76N4O12. The topological polar surface area (TPSA) is 222 Å². The fourth-order valence-electron chi connectivity index (χ4n) is 3.39. The SMILES string of the molecule is C.C.C.C.C.C.C=CC[C@H](NC(C)=O)C(=O)OC.COC(=O)[C@H](CC=C(C)C)NC(C)=O.COC(=O)[C@H](CC=CC[C@H](NC(C)=O)C(=O)OC)NC(C)=O. The number of rotatable bonds is 16. The average Bonchev–Trinajstić information content (AvgIpc) is 3.01. The molecule has 0 aliphatic carbocycles. The summed E-state index contributed by atoms with van der Waals surface area (Å²) in [5.41, 5.74) is 1.10. The molecule has 0 saturated heterocycles. The second kappa shape index (κ2) is 42.4. The highest BCUT2D eigenvalue weighted by Crippen LogP contribution is 2.03. The third kappa shape index (κ3) is 39.8. The van der Waals surface area contributed by atoms with Gasteiger partial charge in [0.15, 0.2) is 0 Å². The van der Waals surface area contributed by atoms with Gasteiger partial charge in [-0.25, -0.2) is 19.2 Å². The quantitative estimate of drug-likeness (QED) is 0.0947. The lowest BCUT2D eigenvalue weighted by Crippen LogP contribution is -2.40. The first-order valence-electron chi connectivity index (χ1n) is 14.7. The number of nitrogens with one attached hydrogen (secondary N) is 4. The molecule has 0 fully saturated rings. The van der Waals surface area contributed by atoms with Crippen LogP contribution in [0.25, 0.3) is 0 Å². The zero-order chi connectivity index (χ0) is 37.8. The first kappa shape index (κ1) is 70.5. The Labute approximate surface area is 326 Å². The van der Waals surface area contributed by atoms with E-state index < -0.39 is 48.0 Å². The summed E-state index contributed by atoms with van der Waals surface area (Å²) in [6.45, 7) is 12.6. The molecule has 54 heavy (non-hydrogen) atoms. The Kier molecular flexibility index (Phi) is 55.4. The van der Waals surface area contributed by atoms with E-state index in [-0.39, 0.29) is 81.0 Å². The first-order chi connectivity index (χ1) is 22.4. The smallest absolute Gasteiger partial charge is 0.328 e. The standard InChI is InChI=1S/C14H22N2O6.C10H17NO3.C8H13NO3.6CH4/c1-9(17)15-11(13(19)21-3)7-5-6-8-12(14(20)22-4)16-10(2)18;1-7(2)5-6-9(10(13)14-4)11-8(3)12;1-4-5-7(8(11)12-3)9-6(2)10;;;;;;/h5-6,11-12H,7-8H2,1-4H3,(H,15,17)(H,16,18);5,9H,6H2,1-4H3,(H,11,12);4,7H,1,5H2,2-3H3,(H,9,10);6*1H4/t11-,12-;9-;7-;;;;;;/m000....../s1. The van der Waals surface area contributed by atoms with Crippen LogP contribution in [0.5, 0.6) is 0 Å². The number of hydrogen-bond donors (Lipinski definition) is 4. The summed E-state index contributed by atoms with van der Waals surface area (Å²) in [6.07, 6.45) is 7.95. The minimum absolute atomic E-state index is 0. The lowest BCUT2D eigenvalue weighted by atomic mass is 10.1. The highest BCUT2D eigenvalue weighted by Gasteiger charge is 2.21. The van der Waals surface area contributed by atoms with Crippen LogP contribution >= 0.6 is 0 Å². The zero-order valence-electron chi connectivity index (χ0n) is 29.6. The van der Waals surface area contributed by atoms with Gasteiger partial charge in [-0.2, -0.15) is 0 Å². The number of carbonyl (C=O) groups is 8. The Hall–Kier alpha value is -5.02.